The first-order valence-electron chi connectivity index (χ1n) is 10.7. The summed E-state index contributed by atoms with van der Waals surface area (Å²) in [7, 11) is -3.93. The number of sulfone groups is 1. The Bertz CT molecular complexity index is 1180. The second-order valence-corrected chi connectivity index (χ2v) is 11.4. The summed E-state index contributed by atoms with van der Waals surface area (Å²) < 4.78 is 67.2. The van der Waals surface area contributed by atoms with Crippen molar-refractivity contribution in [3.8, 4) is 0 Å². The fourth-order valence-corrected chi connectivity index (χ4v) is 8.12. The molecule has 2 atom stereocenters. The number of halogens is 4. The second-order valence-electron chi connectivity index (χ2n) is 8.95. The molecule has 1 amide bonds. The predicted octanol–water partition coefficient (Wildman–Crippen LogP) is 5.11. The summed E-state index contributed by atoms with van der Waals surface area (Å²) in [5.41, 5.74) is -1.28. The van der Waals surface area contributed by atoms with E-state index in [-0.39, 0.29) is 33.0 Å². The zero-order valence-corrected chi connectivity index (χ0v) is 19.3. The van der Waals surface area contributed by atoms with E-state index in [4.69, 9.17) is 11.6 Å². The maximum absolute atomic E-state index is 13.6. The Morgan fingerprint density at radius 2 is 1.70 bits per heavy atom. The van der Waals surface area contributed by atoms with Gasteiger partial charge in [-0.05, 0) is 62.1 Å². The SMILES string of the molecule is CC[C@]1(O)CC2CCC(C1)[C@H]2S(=O)(=O)c1cc(C(=O)Nc2cc(F)c(F)c(F)c2)ccc1Cl. The van der Waals surface area contributed by atoms with Gasteiger partial charge in [0, 0.05) is 23.4 Å². The van der Waals surface area contributed by atoms with Crippen LogP contribution in [0, 0.1) is 29.3 Å². The zero-order chi connectivity index (χ0) is 24.1. The van der Waals surface area contributed by atoms with E-state index in [9.17, 15) is 31.5 Å². The molecule has 2 aromatic carbocycles. The molecule has 2 saturated carbocycles. The van der Waals surface area contributed by atoms with E-state index in [1.165, 1.54) is 12.1 Å². The Morgan fingerprint density at radius 1 is 1.12 bits per heavy atom. The molecule has 33 heavy (non-hydrogen) atoms. The number of hydrogen-bond donors (Lipinski definition) is 2. The first-order valence-corrected chi connectivity index (χ1v) is 12.6. The number of anilines is 1. The van der Waals surface area contributed by atoms with Gasteiger partial charge in [-0.3, -0.25) is 4.79 Å². The van der Waals surface area contributed by atoms with Crippen molar-refractivity contribution in [2.75, 3.05) is 5.32 Å². The minimum absolute atomic E-state index is 0.0406. The summed E-state index contributed by atoms with van der Waals surface area (Å²) in [6, 6.07) is 4.96. The Hall–Kier alpha value is -2.10. The maximum atomic E-state index is 13.6. The van der Waals surface area contributed by atoms with Crippen LogP contribution in [0.15, 0.2) is 35.2 Å². The van der Waals surface area contributed by atoms with Gasteiger partial charge < -0.3 is 10.4 Å². The average Bonchev–Trinajstić information content (AvgIpc) is 3.05. The first kappa shape index (κ1) is 24.0. The number of hydrogen-bond acceptors (Lipinski definition) is 4. The van der Waals surface area contributed by atoms with Gasteiger partial charge >= 0.3 is 0 Å². The highest BCUT2D eigenvalue weighted by Crippen LogP contribution is 2.52. The summed E-state index contributed by atoms with van der Waals surface area (Å²) in [4.78, 5) is 12.4. The van der Waals surface area contributed by atoms with Crippen molar-refractivity contribution in [3.63, 3.8) is 0 Å². The van der Waals surface area contributed by atoms with E-state index in [1.54, 1.807) is 0 Å². The Morgan fingerprint density at radius 3 is 2.24 bits per heavy atom. The summed E-state index contributed by atoms with van der Waals surface area (Å²) >= 11 is 6.22. The predicted molar refractivity (Wildman–Crippen MR) is 117 cm³/mol. The highest BCUT2D eigenvalue weighted by molar-refractivity contribution is 7.92. The third kappa shape index (κ3) is 4.38. The molecule has 178 valence electrons. The zero-order valence-electron chi connectivity index (χ0n) is 17.7. The van der Waals surface area contributed by atoms with Crippen LogP contribution in [0.2, 0.25) is 5.02 Å². The molecule has 4 rings (SSSR count). The van der Waals surface area contributed by atoms with Crippen molar-refractivity contribution in [1.29, 1.82) is 0 Å². The first-order chi connectivity index (χ1) is 15.4. The van der Waals surface area contributed by atoms with Crippen LogP contribution >= 0.6 is 11.6 Å². The van der Waals surface area contributed by atoms with E-state index in [0.29, 0.717) is 44.2 Å². The monoisotopic (exact) mass is 501 g/mol. The number of benzene rings is 2. The third-order valence-corrected chi connectivity index (χ3v) is 9.76. The van der Waals surface area contributed by atoms with Gasteiger partial charge in [0.2, 0.25) is 0 Å². The highest BCUT2D eigenvalue weighted by Gasteiger charge is 2.53. The normalized spacial score (nSPS) is 26.9. The van der Waals surface area contributed by atoms with Crippen LogP contribution in [0.3, 0.4) is 0 Å². The molecule has 0 saturated heterocycles. The van der Waals surface area contributed by atoms with E-state index in [1.807, 2.05) is 6.92 Å². The maximum Gasteiger partial charge on any atom is 0.255 e. The topological polar surface area (TPSA) is 83.5 Å². The van der Waals surface area contributed by atoms with Gasteiger partial charge in [0.05, 0.1) is 20.8 Å². The fourth-order valence-electron chi connectivity index (χ4n) is 5.27. The van der Waals surface area contributed by atoms with Gasteiger partial charge in [-0.25, -0.2) is 21.6 Å². The molecule has 0 radical (unpaired) electrons. The van der Waals surface area contributed by atoms with Crippen LogP contribution in [0.5, 0.6) is 0 Å². The number of nitrogens with one attached hydrogen (secondary N) is 1. The molecular formula is C23H23ClF3NO4S. The molecule has 2 aliphatic rings. The Labute approximate surface area is 194 Å². The molecule has 2 bridgehead atoms. The minimum atomic E-state index is -3.93. The molecular weight excluding hydrogens is 479 g/mol. The minimum Gasteiger partial charge on any atom is -0.390 e. The van der Waals surface area contributed by atoms with E-state index >= 15 is 0 Å². The van der Waals surface area contributed by atoms with Crippen LogP contribution in [0.25, 0.3) is 0 Å². The van der Waals surface area contributed by atoms with Crippen molar-refractivity contribution in [1.82, 2.24) is 0 Å². The molecule has 2 N–H and O–H groups in total. The molecule has 0 spiro atoms. The van der Waals surface area contributed by atoms with Crippen molar-refractivity contribution in [2.45, 2.75) is 54.8 Å². The molecule has 2 fully saturated rings. The lowest BCUT2D eigenvalue weighted by molar-refractivity contribution is -0.0219. The van der Waals surface area contributed by atoms with Crippen molar-refractivity contribution >= 4 is 33.0 Å². The van der Waals surface area contributed by atoms with E-state index < -0.39 is 44.0 Å². The average molecular weight is 502 g/mol. The second kappa shape index (κ2) is 8.60. The van der Waals surface area contributed by atoms with Gasteiger partial charge in [0.1, 0.15) is 0 Å². The van der Waals surface area contributed by atoms with E-state index in [0.717, 1.165) is 6.07 Å². The van der Waals surface area contributed by atoms with Crippen LogP contribution in [0.1, 0.15) is 49.4 Å². The lowest BCUT2D eigenvalue weighted by Gasteiger charge is -2.40. The number of amides is 1. The van der Waals surface area contributed by atoms with Crippen molar-refractivity contribution in [2.24, 2.45) is 11.8 Å². The largest absolute Gasteiger partial charge is 0.390 e. The van der Waals surface area contributed by atoms with Crippen molar-refractivity contribution in [3.05, 3.63) is 58.4 Å². The quantitative estimate of drug-likeness (QED) is 0.557. The number of carbonyl (C=O) groups is 1. The van der Waals surface area contributed by atoms with Gasteiger partial charge in [0.25, 0.3) is 5.91 Å². The third-order valence-electron chi connectivity index (χ3n) is 6.88. The Balaban J connectivity index is 1.63. The summed E-state index contributed by atoms with van der Waals surface area (Å²) in [6.45, 7) is 1.88. The summed E-state index contributed by atoms with van der Waals surface area (Å²) in [5, 5.41) is 12.2. The molecule has 2 unspecified atom stereocenters. The lowest BCUT2D eigenvalue weighted by Crippen LogP contribution is -2.45. The molecule has 5 nitrogen and oxygen atoms in total. The van der Waals surface area contributed by atoms with Crippen LogP contribution in [-0.2, 0) is 9.84 Å². The van der Waals surface area contributed by atoms with Crippen molar-refractivity contribution < 1.29 is 31.5 Å². The highest BCUT2D eigenvalue weighted by atomic mass is 35.5. The van der Waals surface area contributed by atoms with E-state index in [2.05, 4.69) is 5.32 Å². The molecule has 0 heterocycles. The molecule has 0 aliphatic heterocycles. The molecule has 2 aromatic rings. The molecule has 0 aromatic heterocycles. The number of rotatable bonds is 5. The molecule has 10 heteroatoms. The van der Waals surface area contributed by atoms with Crippen LogP contribution in [-0.4, -0.2) is 30.3 Å². The number of carbonyl (C=O) groups excluding carboxylic acids is 1. The number of fused-ring (bicyclic) bond motifs is 2. The molecule has 2 aliphatic carbocycles. The number of aliphatic hydroxyl groups is 1. The van der Waals surface area contributed by atoms with Gasteiger partial charge in [-0.1, -0.05) is 18.5 Å². The van der Waals surface area contributed by atoms with Crippen LogP contribution < -0.4 is 5.32 Å². The van der Waals surface area contributed by atoms with Gasteiger partial charge in [0.15, 0.2) is 27.3 Å². The lowest BCUT2D eigenvalue weighted by atomic mass is 9.76. The van der Waals surface area contributed by atoms with Gasteiger partial charge in [-0.15, -0.1) is 0 Å². The smallest absolute Gasteiger partial charge is 0.255 e. The summed E-state index contributed by atoms with van der Waals surface area (Å²) in [5.74, 6) is -5.85. The fraction of sp³-hybridized carbons (Fsp3) is 0.435. The standard InChI is InChI=1S/C23H23ClF3NO4S/c1-2-23(30)10-13-3-4-14(11-23)21(13)33(31,32)19-7-12(5-6-16(19)24)22(29)28-15-8-17(25)20(27)18(26)9-15/h5-9,13-14,21,30H,2-4,10-11H2,1H3,(H,28,29)/t13?,14?,21-,23-. The Kier molecular flexibility index (Phi) is 6.26. The van der Waals surface area contributed by atoms with Crippen LogP contribution in [0.4, 0.5) is 18.9 Å². The summed E-state index contributed by atoms with van der Waals surface area (Å²) in [6.07, 6.45) is 2.72. The van der Waals surface area contributed by atoms with Gasteiger partial charge in [-0.2, -0.15) is 0 Å².